The number of hydrogen-bond acceptors (Lipinski definition) is 9. The number of carboxylic acids is 1. The van der Waals surface area contributed by atoms with Crippen LogP contribution in [0.15, 0.2) is 12.2 Å². The molecule has 0 saturated heterocycles. The second kappa shape index (κ2) is 26.7. The smallest absolute Gasteiger partial charge is 0.305 e. The van der Waals surface area contributed by atoms with Crippen molar-refractivity contribution in [2.75, 3.05) is 26.4 Å². The van der Waals surface area contributed by atoms with Crippen LogP contribution < -0.4 is 31.9 Å². The zero-order valence-corrected chi connectivity index (χ0v) is 35.0. The van der Waals surface area contributed by atoms with E-state index in [4.69, 9.17) is 9.47 Å². The third-order valence-electron chi connectivity index (χ3n) is 9.08. The number of amides is 6. The number of nitrogens with one attached hydrogen (secondary N) is 6. The summed E-state index contributed by atoms with van der Waals surface area (Å²) in [5.41, 5.74) is 0. The lowest BCUT2D eigenvalue weighted by Crippen LogP contribution is -2.49. The van der Waals surface area contributed by atoms with Crippen molar-refractivity contribution in [3.63, 3.8) is 0 Å². The van der Waals surface area contributed by atoms with Crippen molar-refractivity contribution in [3.8, 4) is 0 Å². The van der Waals surface area contributed by atoms with E-state index in [2.05, 4.69) is 31.9 Å². The zero-order valence-electron chi connectivity index (χ0n) is 35.0. The summed E-state index contributed by atoms with van der Waals surface area (Å²) in [4.78, 5) is 89.5. The van der Waals surface area contributed by atoms with E-state index in [-0.39, 0.29) is 112 Å². The molecule has 1 aliphatic rings. The van der Waals surface area contributed by atoms with E-state index in [1.165, 1.54) is 6.92 Å². The fourth-order valence-corrected chi connectivity index (χ4v) is 6.39. The van der Waals surface area contributed by atoms with E-state index in [0.717, 1.165) is 0 Å². The fourth-order valence-electron chi connectivity index (χ4n) is 6.39. The average Bonchev–Trinajstić information content (AvgIpc) is 3.03. The highest BCUT2D eigenvalue weighted by molar-refractivity contribution is 5.83. The van der Waals surface area contributed by atoms with Crippen LogP contribution in [0.4, 0.5) is 0 Å². The standard InChI is InChI=1S/C40H70N6O10/c1-24(2)14-29-16-37(50)45-33(26(5)6)20-39(52)44-32(23-56-13-11-10-12-55-22-31(41-28(9)47)18-35(48)42-29)19-36(49)43-30(15-25(3)4)17-38(51)46-34(27(7)8)21-40(53)54/h10-11,24-27,29-34H,12-23H2,1-9H3,(H,41,47)(H,42,48)(H,43,49)(H,44,52)(H,45,50)(H,46,51)(H,53,54)/b11-10+/t29-,30+,31+,32+,33+,34+/m0/s1. The average molecular weight is 795 g/mol. The molecule has 0 aromatic carbocycles. The molecule has 0 saturated carbocycles. The Bertz CT molecular complexity index is 1300. The first-order valence-corrected chi connectivity index (χ1v) is 20.0. The molecule has 7 N–H and O–H groups in total. The van der Waals surface area contributed by atoms with Crippen LogP contribution in [0.2, 0.25) is 0 Å². The van der Waals surface area contributed by atoms with Crippen LogP contribution in [0.25, 0.3) is 0 Å². The van der Waals surface area contributed by atoms with Crippen molar-refractivity contribution in [3.05, 3.63) is 12.2 Å². The van der Waals surface area contributed by atoms with Gasteiger partial charge in [-0.1, -0.05) is 67.5 Å². The summed E-state index contributed by atoms with van der Waals surface area (Å²) in [6.07, 6.45) is 3.94. The van der Waals surface area contributed by atoms with E-state index < -0.39 is 54.0 Å². The molecule has 1 rings (SSSR count). The predicted molar refractivity (Wildman–Crippen MR) is 212 cm³/mol. The molecule has 6 amide bonds. The fraction of sp³-hybridized carbons (Fsp3) is 0.775. The van der Waals surface area contributed by atoms with Gasteiger partial charge in [0.1, 0.15) is 0 Å². The van der Waals surface area contributed by atoms with Crippen LogP contribution >= 0.6 is 0 Å². The maximum atomic E-state index is 13.5. The number of carboxylic acid groups (broad SMARTS) is 1. The van der Waals surface area contributed by atoms with Crippen molar-refractivity contribution in [2.45, 2.75) is 150 Å². The molecule has 1 heterocycles. The maximum Gasteiger partial charge on any atom is 0.305 e. The van der Waals surface area contributed by atoms with Gasteiger partial charge in [0.2, 0.25) is 35.4 Å². The highest BCUT2D eigenvalue weighted by Crippen LogP contribution is 2.14. The molecule has 1 aliphatic heterocycles. The second-order valence-corrected chi connectivity index (χ2v) is 16.5. The first-order valence-electron chi connectivity index (χ1n) is 20.0. The molecule has 0 bridgehead atoms. The Balaban J connectivity index is 3.21. The Hall–Kier alpha value is -4.05. The van der Waals surface area contributed by atoms with Crippen LogP contribution in [0.1, 0.15) is 114 Å². The van der Waals surface area contributed by atoms with Gasteiger partial charge < -0.3 is 46.5 Å². The summed E-state index contributed by atoms with van der Waals surface area (Å²) >= 11 is 0. The molecule has 0 unspecified atom stereocenters. The molecule has 320 valence electrons. The summed E-state index contributed by atoms with van der Waals surface area (Å²) in [6, 6.07) is -3.45. The molecule has 0 aliphatic carbocycles. The minimum atomic E-state index is -1.02. The van der Waals surface area contributed by atoms with E-state index in [1.807, 2.05) is 55.4 Å². The highest BCUT2D eigenvalue weighted by Gasteiger charge is 2.28. The molecule has 0 aromatic heterocycles. The quantitative estimate of drug-likeness (QED) is 0.120. The third kappa shape index (κ3) is 23.8. The maximum absolute atomic E-state index is 13.5. The summed E-state index contributed by atoms with van der Waals surface area (Å²) < 4.78 is 11.5. The van der Waals surface area contributed by atoms with Crippen LogP contribution in [0.3, 0.4) is 0 Å². The third-order valence-corrected chi connectivity index (χ3v) is 9.08. The van der Waals surface area contributed by atoms with Gasteiger partial charge in [-0.15, -0.1) is 0 Å². The van der Waals surface area contributed by atoms with Gasteiger partial charge in [-0.05, 0) is 36.5 Å². The Morgan fingerprint density at radius 1 is 0.750 bits per heavy atom. The molecule has 16 heteroatoms. The Kier molecular flexibility index (Phi) is 23.9. The van der Waals surface area contributed by atoms with Gasteiger partial charge in [0, 0.05) is 63.2 Å². The molecule has 0 radical (unpaired) electrons. The van der Waals surface area contributed by atoms with Crippen LogP contribution in [-0.4, -0.2) is 109 Å². The molecular weight excluding hydrogens is 724 g/mol. The predicted octanol–water partition coefficient (Wildman–Crippen LogP) is 2.35. The first kappa shape index (κ1) is 50.0. The van der Waals surface area contributed by atoms with Crippen molar-refractivity contribution in [1.29, 1.82) is 0 Å². The Labute approximate surface area is 333 Å². The highest BCUT2D eigenvalue weighted by atomic mass is 16.5. The van der Waals surface area contributed by atoms with Gasteiger partial charge in [0.25, 0.3) is 0 Å². The molecular formula is C40H70N6O10. The number of hydrogen-bond donors (Lipinski definition) is 7. The Morgan fingerprint density at radius 3 is 1.89 bits per heavy atom. The monoisotopic (exact) mass is 795 g/mol. The normalized spacial score (nSPS) is 22.9. The van der Waals surface area contributed by atoms with E-state index in [9.17, 15) is 38.7 Å². The lowest BCUT2D eigenvalue weighted by molar-refractivity contribution is -0.138. The topological polar surface area (TPSA) is 230 Å². The van der Waals surface area contributed by atoms with Crippen molar-refractivity contribution in [2.24, 2.45) is 23.7 Å². The molecule has 0 aromatic rings. The zero-order chi connectivity index (χ0) is 42.4. The van der Waals surface area contributed by atoms with E-state index in [1.54, 1.807) is 12.2 Å². The lowest BCUT2D eigenvalue weighted by Gasteiger charge is -2.27. The van der Waals surface area contributed by atoms with Crippen molar-refractivity contribution < 1.29 is 48.1 Å². The van der Waals surface area contributed by atoms with Crippen molar-refractivity contribution >= 4 is 41.4 Å². The molecule has 6 atom stereocenters. The van der Waals surface area contributed by atoms with E-state index in [0.29, 0.717) is 12.8 Å². The molecule has 56 heavy (non-hydrogen) atoms. The van der Waals surface area contributed by atoms with Crippen LogP contribution in [0, 0.1) is 23.7 Å². The molecule has 0 fully saturated rings. The van der Waals surface area contributed by atoms with Gasteiger partial charge in [-0.3, -0.25) is 33.6 Å². The molecule has 0 spiro atoms. The lowest BCUT2D eigenvalue weighted by atomic mass is 9.97. The molecule has 16 nitrogen and oxygen atoms in total. The largest absolute Gasteiger partial charge is 0.481 e. The van der Waals surface area contributed by atoms with Crippen LogP contribution in [0.5, 0.6) is 0 Å². The number of carbonyl (C=O) groups is 7. The number of carbonyl (C=O) groups excluding carboxylic acids is 6. The van der Waals surface area contributed by atoms with Gasteiger partial charge in [-0.2, -0.15) is 0 Å². The summed E-state index contributed by atoms with van der Waals surface area (Å²) in [5, 5.41) is 26.6. The van der Waals surface area contributed by atoms with Gasteiger partial charge >= 0.3 is 5.97 Å². The SMILES string of the molecule is CC(=O)N[C@H]1COC/C=C/COC[C@@H](CC(=O)N[C@@H](CC(=O)N[C@H](CC(=O)O)C(C)C)CC(C)C)NC(=O)C[C@H](C(C)C)NC(=O)C[C@H](CC(C)C)NC(=O)C1. The van der Waals surface area contributed by atoms with E-state index >= 15 is 0 Å². The summed E-state index contributed by atoms with van der Waals surface area (Å²) in [5.74, 6) is -3.08. The summed E-state index contributed by atoms with van der Waals surface area (Å²) in [7, 11) is 0. The minimum Gasteiger partial charge on any atom is -0.481 e. The first-order chi connectivity index (χ1) is 26.2. The number of ether oxygens (including phenoxy) is 2. The second-order valence-electron chi connectivity index (χ2n) is 16.5. The minimum absolute atomic E-state index is 0.00918. The van der Waals surface area contributed by atoms with Gasteiger partial charge in [0.05, 0.1) is 44.9 Å². The van der Waals surface area contributed by atoms with Crippen molar-refractivity contribution in [1.82, 2.24) is 31.9 Å². The van der Waals surface area contributed by atoms with Gasteiger partial charge in [0.15, 0.2) is 0 Å². The number of aliphatic carboxylic acids is 1. The van der Waals surface area contributed by atoms with Crippen LogP contribution in [-0.2, 0) is 43.0 Å². The summed E-state index contributed by atoms with van der Waals surface area (Å²) in [6.45, 7) is 17.1. The van der Waals surface area contributed by atoms with Gasteiger partial charge in [-0.25, -0.2) is 0 Å². The number of rotatable bonds is 15. The Morgan fingerprint density at radius 2 is 1.34 bits per heavy atom.